The number of pyridine rings is 1. The van der Waals surface area contributed by atoms with Crippen LogP contribution in [-0.4, -0.2) is 17.4 Å². The second-order valence-electron chi connectivity index (χ2n) is 3.68. The number of rotatable bonds is 5. The minimum absolute atomic E-state index is 0.0109. The predicted molar refractivity (Wildman–Crippen MR) is 68.0 cm³/mol. The molecule has 1 rings (SSSR count). The van der Waals surface area contributed by atoms with Gasteiger partial charge in [0, 0.05) is 16.6 Å². The SMILES string of the molecule is CC(CCCN)C(=O)Nc1ccc(Br)cn1. The first kappa shape index (κ1) is 13.1. The molecule has 1 atom stereocenters. The number of nitrogens with two attached hydrogens (primary N) is 1. The lowest BCUT2D eigenvalue weighted by Crippen LogP contribution is -2.21. The van der Waals surface area contributed by atoms with Gasteiger partial charge >= 0.3 is 0 Å². The minimum atomic E-state index is -0.0333. The van der Waals surface area contributed by atoms with Gasteiger partial charge in [-0.15, -0.1) is 0 Å². The second kappa shape index (κ2) is 6.60. The molecule has 16 heavy (non-hydrogen) atoms. The molecule has 0 aliphatic heterocycles. The van der Waals surface area contributed by atoms with E-state index in [-0.39, 0.29) is 11.8 Å². The maximum Gasteiger partial charge on any atom is 0.228 e. The smallest absolute Gasteiger partial charge is 0.228 e. The zero-order valence-electron chi connectivity index (χ0n) is 9.24. The lowest BCUT2D eigenvalue weighted by Gasteiger charge is -2.10. The molecule has 1 aromatic rings. The molecule has 0 aliphatic rings. The molecule has 1 unspecified atom stereocenters. The topological polar surface area (TPSA) is 68.0 Å². The highest BCUT2D eigenvalue weighted by molar-refractivity contribution is 9.10. The first-order valence-corrected chi connectivity index (χ1v) is 6.05. The monoisotopic (exact) mass is 285 g/mol. The van der Waals surface area contributed by atoms with E-state index in [2.05, 4.69) is 26.2 Å². The van der Waals surface area contributed by atoms with Gasteiger partial charge in [-0.25, -0.2) is 4.98 Å². The molecule has 0 aromatic carbocycles. The molecule has 1 aromatic heterocycles. The molecular formula is C11H16BrN3O. The normalized spacial score (nSPS) is 12.2. The van der Waals surface area contributed by atoms with Gasteiger partial charge in [0.25, 0.3) is 0 Å². The van der Waals surface area contributed by atoms with Crippen molar-refractivity contribution in [1.82, 2.24) is 4.98 Å². The Balaban J connectivity index is 2.47. The third-order valence-corrected chi connectivity index (χ3v) is 2.74. The van der Waals surface area contributed by atoms with E-state index in [1.165, 1.54) is 0 Å². The molecule has 3 N–H and O–H groups in total. The third-order valence-electron chi connectivity index (χ3n) is 2.27. The van der Waals surface area contributed by atoms with Crippen LogP contribution in [0.15, 0.2) is 22.8 Å². The number of aromatic nitrogens is 1. The molecule has 4 nitrogen and oxygen atoms in total. The maximum absolute atomic E-state index is 11.7. The highest BCUT2D eigenvalue weighted by Gasteiger charge is 2.12. The highest BCUT2D eigenvalue weighted by Crippen LogP contribution is 2.12. The number of carbonyl (C=O) groups is 1. The fraction of sp³-hybridized carbons (Fsp3) is 0.455. The Morgan fingerprint density at radius 3 is 2.94 bits per heavy atom. The quantitative estimate of drug-likeness (QED) is 0.871. The fourth-order valence-electron chi connectivity index (χ4n) is 1.25. The molecule has 1 amide bonds. The molecule has 0 spiro atoms. The number of nitrogens with one attached hydrogen (secondary N) is 1. The summed E-state index contributed by atoms with van der Waals surface area (Å²) in [6.45, 7) is 2.51. The molecule has 0 bridgehead atoms. The van der Waals surface area contributed by atoms with Crippen LogP contribution in [0.4, 0.5) is 5.82 Å². The number of hydrogen-bond acceptors (Lipinski definition) is 3. The average molecular weight is 286 g/mol. The number of hydrogen-bond donors (Lipinski definition) is 2. The first-order valence-electron chi connectivity index (χ1n) is 5.26. The van der Waals surface area contributed by atoms with E-state index in [4.69, 9.17) is 5.73 Å². The van der Waals surface area contributed by atoms with Crippen LogP contribution in [0.25, 0.3) is 0 Å². The van der Waals surface area contributed by atoms with Crippen LogP contribution < -0.4 is 11.1 Å². The van der Waals surface area contributed by atoms with Gasteiger partial charge in [-0.05, 0) is 47.4 Å². The number of halogens is 1. The highest BCUT2D eigenvalue weighted by atomic mass is 79.9. The Labute approximate surface area is 104 Å². The van der Waals surface area contributed by atoms with Crippen LogP contribution in [0.1, 0.15) is 19.8 Å². The summed E-state index contributed by atoms with van der Waals surface area (Å²) in [4.78, 5) is 15.8. The van der Waals surface area contributed by atoms with Crippen molar-refractivity contribution in [2.45, 2.75) is 19.8 Å². The molecule has 5 heteroatoms. The van der Waals surface area contributed by atoms with Gasteiger partial charge in [-0.1, -0.05) is 6.92 Å². The molecule has 0 saturated carbocycles. The summed E-state index contributed by atoms with van der Waals surface area (Å²) in [7, 11) is 0. The van der Waals surface area contributed by atoms with E-state index < -0.39 is 0 Å². The summed E-state index contributed by atoms with van der Waals surface area (Å²) in [5, 5.41) is 2.77. The number of anilines is 1. The maximum atomic E-state index is 11.7. The molecule has 0 saturated heterocycles. The van der Waals surface area contributed by atoms with Crippen molar-refractivity contribution in [3.63, 3.8) is 0 Å². The van der Waals surface area contributed by atoms with E-state index in [1.54, 1.807) is 12.3 Å². The van der Waals surface area contributed by atoms with Gasteiger partial charge < -0.3 is 11.1 Å². The van der Waals surface area contributed by atoms with Crippen molar-refractivity contribution < 1.29 is 4.79 Å². The number of amides is 1. The van der Waals surface area contributed by atoms with Crippen molar-refractivity contribution in [2.24, 2.45) is 11.7 Å². The Bertz CT molecular complexity index is 340. The van der Waals surface area contributed by atoms with E-state index in [0.717, 1.165) is 17.3 Å². The summed E-state index contributed by atoms with van der Waals surface area (Å²) < 4.78 is 0.890. The summed E-state index contributed by atoms with van der Waals surface area (Å²) >= 11 is 3.29. The molecule has 0 radical (unpaired) electrons. The van der Waals surface area contributed by atoms with E-state index >= 15 is 0 Å². The third kappa shape index (κ3) is 4.28. The standard InChI is InChI=1S/C11H16BrN3O/c1-8(3-2-6-13)11(16)15-10-5-4-9(12)7-14-10/h4-5,7-8H,2-3,6,13H2,1H3,(H,14,15,16). The van der Waals surface area contributed by atoms with Crippen molar-refractivity contribution in [3.8, 4) is 0 Å². The second-order valence-corrected chi connectivity index (χ2v) is 4.60. The van der Waals surface area contributed by atoms with Crippen molar-refractivity contribution in [2.75, 3.05) is 11.9 Å². The van der Waals surface area contributed by atoms with Gasteiger partial charge in [-0.2, -0.15) is 0 Å². The van der Waals surface area contributed by atoms with Crippen LogP contribution in [-0.2, 0) is 4.79 Å². The minimum Gasteiger partial charge on any atom is -0.330 e. The van der Waals surface area contributed by atoms with E-state index in [9.17, 15) is 4.79 Å². The lowest BCUT2D eigenvalue weighted by atomic mass is 10.1. The molecule has 0 aliphatic carbocycles. The summed E-state index contributed by atoms with van der Waals surface area (Å²) in [5.74, 6) is 0.532. The van der Waals surface area contributed by atoms with Gasteiger partial charge in [0.15, 0.2) is 0 Å². The zero-order valence-corrected chi connectivity index (χ0v) is 10.8. The molecule has 0 fully saturated rings. The largest absolute Gasteiger partial charge is 0.330 e. The van der Waals surface area contributed by atoms with Gasteiger partial charge in [0.05, 0.1) is 0 Å². The Morgan fingerprint density at radius 1 is 1.62 bits per heavy atom. The Hall–Kier alpha value is -0.940. The molecule has 1 heterocycles. The van der Waals surface area contributed by atoms with Gasteiger partial charge in [-0.3, -0.25) is 4.79 Å². The molecular weight excluding hydrogens is 270 g/mol. The van der Waals surface area contributed by atoms with Crippen molar-refractivity contribution in [1.29, 1.82) is 0 Å². The van der Waals surface area contributed by atoms with Gasteiger partial charge in [0.1, 0.15) is 5.82 Å². The number of carbonyl (C=O) groups excluding carboxylic acids is 1. The predicted octanol–water partition coefficient (Wildman–Crippen LogP) is 2.16. The summed E-state index contributed by atoms with van der Waals surface area (Å²) in [5.41, 5.74) is 5.40. The average Bonchev–Trinajstić information content (AvgIpc) is 2.29. The summed E-state index contributed by atoms with van der Waals surface area (Å²) in [6.07, 6.45) is 3.32. The summed E-state index contributed by atoms with van der Waals surface area (Å²) in [6, 6.07) is 3.60. The van der Waals surface area contributed by atoms with E-state index in [0.29, 0.717) is 12.4 Å². The van der Waals surface area contributed by atoms with Crippen LogP contribution in [0.5, 0.6) is 0 Å². The Kier molecular flexibility index (Phi) is 5.42. The van der Waals surface area contributed by atoms with Crippen LogP contribution in [0.2, 0.25) is 0 Å². The zero-order chi connectivity index (χ0) is 12.0. The van der Waals surface area contributed by atoms with Crippen LogP contribution in [0.3, 0.4) is 0 Å². The number of nitrogens with zero attached hydrogens (tertiary/aromatic N) is 1. The van der Waals surface area contributed by atoms with Gasteiger partial charge in [0.2, 0.25) is 5.91 Å². The van der Waals surface area contributed by atoms with E-state index in [1.807, 2.05) is 13.0 Å². The lowest BCUT2D eigenvalue weighted by molar-refractivity contribution is -0.119. The first-order chi connectivity index (χ1) is 7.63. The molecule has 88 valence electrons. The fourth-order valence-corrected chi connectivity index (χ4v) is 1.49. The van der Waals surface area contributed by atoms with Crippen LogP contribution >= 0.6 is 15.9 Å². The van der Waals surface area contributed by atoms with Crippen molar-refractivity contribution in [3.05, 3.63) is 22.8 Å². The Morgan fingerprint density at radius 2 is 2.38 bits per heavy atom. The van der Waals surface area contributed by atoms with Crippen molar-refractivity contribution >= 4 is 27.7 Å². The van der Waals surface area contributed by atoms with Crippen LogP contribution in [0, 0.1) is 5.92 Å².